The van der Waals surface area contributed by atoms with E-state index in [1.54, 1.807) is 7.11 Å². The summed E-state index contributed by atoms with van der Waals surface area (Å²) >= 11 is 9.61. The van der Waals surface area contributed by atoms with Gasteiger partial charge in [-0.25, -0.2) is 9.97 Å². The second-order valence-corrected chi connectivity index (χ2v) is 6.28. The highest BCUT2D eigenvalue weighted by atomic mass is 79.9. The van der Waals surface area contributed by atoms with E-state index in [0.29, 0.717) is 22.8 Å². The van der Waals surface area contributed by atoms with Gasteiger partial charge in [0, 0.05) is 7.11 Å². The van der Waals surface area contributed by atoms with Gasteiger partial charge in [-0.05, 0) is 34.2 Å². The number of halogens is 2. The van der Waals surface area contributed by atoms with Crippen LogP contribution in [0.3, 0.4) is 0 Å². The third-order valence-corrected chi connectivity index (χ3v) is 3.95. The third kappa shape index (κ3) is 3.90. The minimum absolute atomic E-state index is 0.124. The van der Waals surface area contributed by atoms with Gasteiger partial charge in [-0.15, -0.1) is 0 Å². The Labute approximate surface area is 122 Å². The molecule has 5 heteroatoms. The van der Waals surface area contributed by atoms with Gasteiger partial charge in [-0.3, -0.25) is 0 Å². The molecule has 18 heavy (non-hydrogen) atoms. The van der Waals surface area contributed by atoms with Crippen molar-refractivity contribution in [3.8, 4) is 0 Å². The summed E-state index contributed by atoms with van der Waals surface area (Å²) < 4.78 is 6.25. The lowest BCUT2D eigenvalue weighted by Crippen LogP contribution is -2.15. The van der Waals surface area contributed by atoms with Gasteiger partial charge in [0.25, 0.3) is 0 Å². The maximum absolute atomic E-state index is 6.15. The number of nitrogens with zero attached hydrogens (tertiary/aromatic N) is 2. The highest BCUT2D eigenvalue weighted by Gasteiger charge is 2.21. The predicted octanol–water partition coefficient (Wildman–Crippen LogP) is 4.43. The van der Waals surface area contributed by atoms with Crippen molar-refractivity contribution in [2.75, 3.05) is 7.11 Å². The molecular weight excluding hydrogens is 316 g/mol. The maximum Gasteiger partial charge on any atom is 0.159 e. The van der Waals surface area contributed by atoms with E-state index in [1.165, 1.54) is 0 Å². The van der Waals surface area contributed by atoms with Crippen LogP contribution in [0.4, 0.5) is 0 Å². The van der Waals surface area contributed by atoms with Crippen LogP contribution in [-0.2, 0) is 11.2 Å². The Balaban J connectivity index is 3.18. The summed E-state index contributed by atoms with van der Waals surface area (Å²) in [5, 5.41) is 0.457. The zero-order valence-electron chi connectivity index (χ0n) is 11.5. The van der Waals surface area contributed by atoms with Gasteiger partial charge in [-0.1, -0.05) is 39.3 Å². The van der Waals surface area contributed by atoms with Gasteiger partial charge in [0.05, 0.1) is 10.2 Å². The normalized spacial score (nSPS) is 13.4. The van der Waals surface area contributed by atoms with E-state index >= 15 is 0 Å². The van der Waals surface area contributed by atoms with Crippen molar-refractivity contribution in [1.29, 1.82) is 0 Å². The van der Waals surface area contributed by atoms with Crippen molar-refractivity contribution >= 4 is 27.5 Å². The summed E-state index contributed by atoms with van der Waals surface area (Å²) in [5.74, 6) is 1.48. The molecule has 1 heterocycles. The molecule has 0 radical (unpaired) electrons. The maximum atomic E-state index is 6.15. The average molecular weight is 336 g/mol. The topological polar surface area (TPSA) is 35.0 Å². The van der Waals surface area contributed by atoms with E-state index in [9.17, 15) is 0 Å². The zero-order valence-corrected chi connectivity index (χ0v) is 13.8. The molecule has 0 aromatic carbocycles. The van der Waals surface area contributed by atoms with Crippen molar-refractivity contribution < 1.29 is 4.74 Å². The Morgan fingerprint density at radius 3 is 2.28 bits per heavy atom. The molecule has 0 aliphatic rings. The Bertz CT molecular complexity index is 410. The SMILES string of the molecule is COC(c1nc(Cl)c(Br)c(CC(C)C)n1)C(C)C. The molecule has 3 nitrogen and oxygen atoms in total. The highest BCUT2D eigenvalue weighted by molar-refractivity contribution is 9.10. The minimum Gasteiger partial charge on any atom is -0.373 e. The summed E-state index contributed by atoms with van der Waals surface area (Å²) in [6, 6.07) is 0. The molecule has 0 saturated carbocycles. The summed E-state index contributed by atoms with van der Waals surface area (Å²) in [6.45, 7) is 8.46. The number of methoxy groups -OCH3 is 1. The van der Waals surface area contributed by atoms with Crippen LogP contribution in [-0.4, -0.2) is 17.1 Å². The fraction of sp³-hybridized carbons (Fsp3) is 0.692. The Morgan fingerprint density at radius 2 is 1.83 bits per heavy atom. The molecule has 1 unspecified atom stereocenters. The number of rotatable bonds is 5. The lowest BCUT2D eigenvalue weighted by atomic mass is 10.1. The molecule has 102 valence electrons. The molecular formula is C13H20BrClN2O. The molecule has 0 bridgehead atoms. The van der Waals surface area contributed by atoms with Crippen molar-refractivity contribution in [3.63, 3.8) is 0 Å². The van der Waals surface area contributed by atoms with Gasteiger partial charge < -0.3 is 4.74 Å². The number of hydrogen-bond donors (Lipinski definition) is 0. The number of hydrogen-bond acceptors (Lipinski definition) is 3. The van der Waals surface area contributed by atoms with E-state index in [-0.39, 0.29) is 6.10 Å². The Morgan fingerprint density at radius 1 is 1.22 bits per heavy atom. The molecule has 1 aromatic rings. The fourth-order valence-electron chi connectivity index (χ4n) is 1.81. The van der Waals surface area contributed by atoms with Crippen LogP contribution in [0.5, 0.6) is 0 Å². The largest absolute Gasteiger partial charge is 0.373 e. The van der Waals surface area contributed by atoms with Crippen LogP contribution in [0.1, 0.15) is 45.3 Å². The van der Waals surface area contributed by atoms with E-state index in [0.717, 1.165) is 16.6 Å². The fourth-order valence-corrected chi connectivity index (χ4v) is 2.34. The van der Waals surface area contributed by atoms with E-state index < -0.39 is 0 Å². The van der Waals surface area contributed by atoms with E-state index in [2.05, 4.69) is 53.6 Å². The van der Waals surface area contributed by atoms with Crippen LogP contribution in [0.15, 0.2) is 4.47 Å². The summed E-state index contributed by atoms with van der Waals surface area (Å²) in [7, 11) is 1.67. The smallest absolute Gasteiger partial charge is 0.159 e. The second-order valence-electron chi connectivity index (χ2n) is 5.13. The molecule has 1 rings (SSSR count). The van der Waals surface area contributed by atoms with Gasteiger partial charge in [0.2, 0.25) is 0 Å². The molecule has 0 spiro atoms. The first-order chi connectivity index (χ1) is 8.36. The predicted molar refractivity (Wildman–Crippen MR) is 77.9 cm³/mol. The van der Waals surface area contributed by atoms with Gasteiger partial charge in [-0.2, -0.15) is 0 Å². The molecule has 0 aliphatic carbocycles. The quantitative estimate of drug-likeness (QED) is 0.746. The summed E-state index contributed by atoms with van der Waals surface area (Å²) in [4.78, 5) is 8.91. The van der Waals surface area contributed by atoms with E-state index in [4.69, 9.17) is 16.3 Å². The lowest BCUT2D eigenvalue weighted by Gasteiger charge is -2.19. The van der Waals surface area contributed by atoms with Crippen LogP contribution in [0.25, 0.3) is 0 Å². The minimum atomic E-state index is -0.124. The van der Waals surface area contributed by atoms with Gasteiger partial charge >= 0.3 is 0 Å². The van der Waals surface area contributed by atoms with E-state index in [1.807, 2.05) is 0 Å². The van der Waals surface area contributed by atoms with Crippen molar-refractivity contribution in [1.82, 2.24) is 9.97 Å². The van der Waals surface area contributed by atoms with Crippen LogP contribution < -0.4 is 0 Å². The van der Waals surface area contributed by atoms with Crippen molar-refractivity contribution in [2.24, 2.45) is 11.8 Å². The first kappa shape index (κ1) is 15.9. The summed E-state index contributed by atoms with van der Waals surface area (Å²) in [6.07, 6.45) is 0.742. The number of ether oxygens (including phenoxy) is 1. The van der Waals surface area contributed by atoms with Crippen LogP contribution in [0.2, 0.25) is 5.15 Å². The van der Waals surface area contributed by atoms with Crippen LogP contribution >= 0.6 is 27.5 Å². The first-order valence-electron chi connectivity index (χ1n) is 6.11. The molecule has 0 amide bonds. The average Bonchev–Trinajstić information content (AvgIpc) is 2.24. The third-order valence-electron chi connectivity index (χ3n) is 2.61. The molecule has 0 fully saturated rings. The Kier molecular flexibility index (Phi) is 6.02. The molecule has 0 aliphatic heterocycles. The molecule has 1 aromatic heterocycles. The number of aromatic nitrogens is 2. The zero-order chi connectivity index (χ0) is 13.9. The molecule has 0 N–H and O–H groups in total. The second kappa shape index (κ2) is 6.83. The first-order valence-corrected chi connectivity index (χ1v) is 7.28. The van der Waals surface area contributed by atoms with Gasteiger partial charge in [0.1, 0.15) is 11.3 Å². The van der Waals surface area contributed by atoms with Crippen molar-refractivity contribution in [2.45, 2.75) is 40.2 Å². The molecule has 0 saturated heterocycles. The monoisotopic (exact) mass is 334 g/mol. The lowest BCUT2D eigenvalue weighted by molar-refractivity contribution is 0.0572. The Hall–Kier alpha value is -0.190. The van der Waals surface area contributed by atoms with Crippen molar-refractivity contribution in [3.05, 3.63) is 21.1 Å². The summed E-state index contributed by atoms with van der Waals surface area (Å²) in [5.41, 5.74) is 0.947. The molecule has 1 atom stereocenters. The van der Waals surface area contributed by atoms with Crippen LogP contribution in [0, 0.1) is 11.8 Å². The standard InChI is InChI=1S/C13H20BrClN2O/c1-7(2)6-9-10(14)12(15)17-13(16-9)11(18-5)8(3)4/h7-8,11H,6H2,1-5H3. The van der Waals surface area contributed by atoms with Gasteiger partial charge in [0.15, 0.2) is 5.82 Å². The highest BCUT2D eigenvalue weighted by Crippen LogP contribution is 2.29.